The summed E-state index contributed by atoms with van der Waals surface area (Å²) in [7, 11) is 0. The van der Waals surface area contributed by atoms with Gasteiger partial charge in [0, 0.05) is 28.9 Å². The Labute approximate surface area is 140 Å². The van der Waals surface area contributed by atoms with Crippen molar-refractivity contribution in [2.75, 3.05) is 11.9 Å². The second kappa shape index (κ2) is 5.71. The van der Waals surface area contributed by atoms with Crippen molar-refractivity contribution in [1.29, 1.82) is 0 Å². The number of benzene rings is 1. The highest BCUT2D eigenvalue weighted by atomic mass is 32.1. The number of rotatable bonds is 3. The smallest absolute Gasteiger partial charge is 0.276 e. The van der Waals surface area contributed by atoms with Gasteiger partial charge in [0.2, 0.25) is 5.13 Å². The van der Waals surface area contributed by atoms with E-state index in [1.165, 1.54) is 16.9 Å². The largest absolute Gasteiger partial charge is 0.493 e. The van der Waals surface area contributed by atoms with Crippen LogP contribution in [0, 0.1) is 6.92 Å². The van der Waals surface area contributed by atoms with Crippen molar-refractivity contribution in [3.63, 3.8) is 0 Å². The van der Waals surface area contributed by atoms with Gasteiger partial charge in [0.05, 0.1) is 6.61 Å². The van der Waals surface area contributed by atoms with E-state index in [0.29, 0.717) is 16.6 Å². The molecule has 0 spiro atoms. The summed E-state index contributed by atoms with van der Waals surface area (Å²) in [4.78, 5) is 20.8. The maximum absolute atomic E-state index is 12.2. The number of aryl methyl sites for hydroxylation is 1. The topological polar surface area (TPSA) is 77.0 Å². The lowest BCUT2D eigenvalue weighted by Gasteiger charge is -2.01. The Balaban J connectivity index is 1.55. The van der Waals surface area contributed by atoms with Crippen LogP contribution in [0.1, 0.15) is 21.9 Å². The molecule has 1 amide bonds. The zero-order chi connectivity index (χ0) is 15.8. The predicted molar refractivity (Wildman–Crippen MR) is 89.3 cm³/mol. The molecule has 3 aromatic rings. The quantitative estimate of drug-likeness (QED) is 0.790. The maximum Gasteiger partial charge on any atom is 0.276 e. The van der Waals surface area contributed by atoms with Crippen LogP contribution < -0.4 is 10.1 Å². The van der Waals surface area contributed by atoms with E-state index in [1.54, 1.807) is 12.3 Å². The highest BCUT2D eigenvalue weighted by Gasteiger charge is 2.16. The van der Waals surface area contributed by atoms with Crippen LogP contribution in [0.4, 0.5) is 5.13 Å². The van der Waals surface area contributed by atoms with Crippen molar-refractivity contribution in [3.8, 4) is 16.3 Å². The van der Waals surface area contributed by atoms with E-state index in [0.717, 1.165) is 40.9 Å². The summed E-state index contributed by atoms with van der Waals surface area (Å²) in [5.74, 6) is 1.31. The van der Waals surface area contributed by atoms with Crippen molar-refractivity contribution in [1.82, 2.24) is 14.3 Å². The number of nitrogens with zero attached hydrogens (tertiary/aromatic N) is 3. The highest BCUT2D eigenvalue weighted by Crippen LogP contribution is 2.32. The van der Waals surface area contributed by atoms with E-state index in [2.05, 4.69) is 25.7 Å². The zero-order valence-electron chi connectivity index (χ0n) is 12.2. The summed E-state index contributed by atoms with van der Waals surface area (Å²) in [6.07, 6.45) is 0.915. The lowest BCUT2D eigenvalue weighted by Crippen LogP contribution is -2.12. The molecule has 0 radical (unpaired) electrons. The molecule has 0 bridgehead atoms. The minimum absolute atomic E-state index is 0.270. The molecule has 8 heteroatoms. The SMILES string of the molecule is Cc1nsc(NC(=O)c2csc(-c3ccc4c(c3)CCO4)n2)n1. The third kappa shape index (κ3) is 2.82. The molecule has 0 atom stereocenters. The normalized spacial score (nSPS) is 12.7. The van der Waals surface area contributed by atoms with Gasteiger partial charge in [0.25, 0.3) is 5.91 Å². The van der Waals surface area contributed by atoms with Gasteiger partial charge in [-0.25, -0.2) is 9.97 Å². The van der Waals surface area contributed by atoms with Crippen LogP contribution in [0.2, 0.25) is 0 Å². The summed E-state index contributed by atoms with van der Waals surface area (Å²) < 4.78 is 9.54. The Hall–Kier alpha value is -2.32. The average molecular weight is 344 g/mol. The number of amides is 1. The first-order chi connectivity index (χ1) is 11.2. The van der Waals surface area contributed by atoms with Gasteiger partial charge in [-0.1, -0.05) is 0 Å². The maximum atomic E-state index is 12.2. The van der Waals surface area contributed by atoms with E-state index in [9.17, 15) is 4.79 Å². The third-order valence-electron chi connectivity index (χ3n) is 3.42. The summed E-state index contributed by atoms with van der Waals surface area (Å²) in [5, 5.41) is 5.77. The molecule has 0 saturated carbocycles. The monoisotopic (exact) mass is 344 g/mol. The fraction of sp³-hybridized carbons (Fsp3) is 0.200. The number of aromatic nitrogens is 3. The number of hydrogen-bond acceptors (Lipinski definition) is 7. The van der Waals surface area contributed by atoms with Crippen LogP contribution >= 0.6 is 22.9 Å². The number of ether oxygens (including phenoxy) is 1. The average Bonchev–Trinajstić information content (AvgIpc) is 3.26. The number of hydrogen-bond donors (Lipinski definition) is 1. The van der Waals surface area contributed by atoms with Gasteiger partial charge in [-0.2, -0.15) is 4.37 Å². The minimum atomic E-state index is -0.270. The van der Waals surface area contributed by atoms with Gasteiger partial charge in [0.15, 0.2) is 0 Å². The molecule has 0 saturated heterocycles. The summed E-state index contributed by atoms with van der Waals surface area (Å²) in [6.45, 7) is 2.51. The molecule has 1 aliphatic heterocycles. The van der Waals surface area contributed by atoms with E-state index in [-0.39, 0.29) is 5.91 Å². The van der Waals surface area contributed by atoms with E-state index in [4.69, 9.17) is 4.74 Å². The molecule has 0 aliphatic carbocycles. The van der Waals surface area contributed by atoms with Gasteiger partial charge in [-0.15, -0.1) is 11.3 Å². The fourth-order valence-corrected chi connectivity index (χ4v) is 3.71. The number of nitrogens with one attached hydrogen (secondary N) is 1. The molecule has 116 valence electrons. The zero-order valence-corrected chi connectivity index (χ0v) is 13.8. The van der Waals surface area contributed by atoms with E-state index in [1.807, 2.05) is 12.1 Å². The summed E-state index contributed by atoms with van der Waals surface area (Å²) >= 11 is 2.60. The van der Waals surface area contributed by atoms with Gasteiger partial charge >= 0.3 is 0 Å². The molecule has 23 heavy (non-hydrogen) atoms. The Kier molecular flexibility index (Phi) is 3.55. The van der Waals surface area contributed by atoms with Crippen molar-refractivity contribution >= 4 is 33.9 Å². The molecular weight excluding hydrogens is 332 g/mol. The minimum Gasteiger partial charge on any atom is -0.493 e. The van der Waals surface area contributed by atoms with E-state index >= 15 is 0 Å². The predicted octanol–water partition coefficient (Wildman–Crippen LogP) is 3.16. The van der Waals surface area contributed by atoms with Crippen molar-refractivity contribution in [2.24, 2.45) is 0 Å². The Morgan fingerprint density at radius 2 is 2.26 bits per heavy atom. The van der Waals surface area contributed by atoms with E-state index < -0.39 is 0 Å². The number of thiazole rings is 1. The molecular formula is C15H12N4O2S2. The fourth-order valence-electron chi connectivity index (χ4n) is 2.34. The Bertz CT molecular complexity index is 887. The first-order valence-electron chi connectivity index (χ1n) is 7.02. The lowest BCUT2D eigenvalue weighted by atomic mass is 10.1. The highest BCUT2D eigenvalue weighted by molar-refractivity contribution is 7.13. The van der Waals surface area contributed by atoms with Crippen LogP contribution in [-0.2, 0) is 6.42 Å². The summed E-state index contributed by atoms with van der Waals surface area (Å²) in [5.41, 5.74) is 2.58. The first-order valence-corrected chi connectivity index (χ1v) is 8.67. The van der Waals surface area contributed by atoms with Gasteiger partial charge in [-0.3, -0.25) is 10.1 Å². The van der Waals surface area contributed by atoms with Crippen LogP contribution in [0.15, 0.2) is 23.6 Å². The molecule has 0 unspecified atom stereocenters. The van der Waals surface area contributed by atoms with Crippen LogP contribution in [0.5, 0.6) is 5.75 Å². The number of fused-ring (bicyclic) bond motifs is 1. The lowest BCUT2D eigenvalue weighted by molar-refractivity contribution is 0.102. The third-order valence-corrected chi connectivity index (χ3v) is 5.03. The first kappa shape index (κ1) is 14.3. The van der Waals surface area contributed by atoms with Crippen molar-refractivity contribution in [3.05, 3.63) is 40.7 Å². The Morgan fingerprint density at radius 3 is 3.09 bits per heavy atom. The molecule has 2 aromatic heterocycles. The molecule has 1 aromatic carbocycles. The molecule has 1 N–H and O–H groups in total. The van der Waals surface area contributed by atoms with Gasteiger partial charge in [0.1, 0.15) is 22.3 Å². The molecule has 4 rings (SSSR count). The number of carbonyl (C=O) groups is 1. The second-order valence-electron chi connectivity index (χ2n) is 5.06. The van der Waals surface area contributed by atoms with Gasteiger partial charge < -0.3 is 4.74 Å². The molecule has 6 nitrogen and oxygen atoms in total. The number of anilines is 1. The summed E-state index contributed by atoms with van der Waals surface area (Å²) in [6, 6.07) is 6.01. The number of carbonyl (C=O) groups excluding carboxylic acids is 1. The molecule has 0 fully saturated rings. The Morgan fingerprint density at radius 1 is 1.35 bits per heavy atom. The van der Waals surface area contributed by atoms with Crippen LogP contribution in [0.25, 0.3) is 10.6 Å². The van der Waals surface area contributed by atoms with Crippen LogP contribution in [-0.4, -0.2) is 26.9 Å². The second-order valence-corrected chi connectivity index (χ2v) is 6.67. The van der Waals surface area contributed by atoms with Gasteiger partial charge in [-0.05, 0) is 30.7 Å². The standard InChI is InChI=1S/C15H12N4O2S2/c1-8-16-15(23-19-8)18-13(20)11-7-22-14(17-11)10-2-3-12-9(6-10)4-5-21-12/h2-3,6-7H,4-5H2,1H3,(H,16,18,19,20). The molecule has 1 aliphatic rings. The van der Waals surface area contributed by atoms with Crippen molar-refractivity contribution in [2.45, 2.75) is 13.3 Å². The van der Waals surface area contributed by atoms with Crippen LogP contribution in [0.3, 0.4) is 0 Å². The molecule has 3 heterocycles. The van der Waals surface area contributed by atoms with Crippen molar-refractivity contribution < 1.29 is 9.53 Å².